The monoisotopic (exact) mass is 324 g/mol. The van der Waals surface area contributed by atoms with Gasteiger partial charge in [0.2, 0.25) is 10.0 Å². The first-order valence-electron chi connectivity index (χ1n) is 7.06. The molecule has 0 saturated carbocycles. The van der Waals surface area contributed by atoms with E-state index in [0.717, 1.165) is 18.7 Å². The Labute approximate surface area is 128 Å². The van der Waals surface area contributed by atoms with Crippen LogP contribution in [0.1, 0.15) is 19.4 Å². The Balaban J connectivity index is 1.88. The van der Waals surface area contributed by atoms with Crippen molar-refractivity contribution in [1.29, 1.82) is 0 Å². The molecular formula is C14H17FN4O2S. The summed E-state index contributed by atoms with van der Waals surface area (Å²) in [6.07, 6.45) is 8.12. The van der Waals surface area contributed by atoms with Gasteiger partial charge in [-0.15, -0.1) is 0 Å². The molecule has 2 aromatic heterocycles. The molecule has 0 aliphatic carbocycles. The number of imidazole rings is 1. The normalized spacial score (nSPS) is 23.5. The van der Waals surface area contributed by atoms with Crippen molar-refractivity contribution >= 4 is 10.0 Å². The van der Waals surface area contributed by atoms with Crippen molar-refractivity contribution in [2.45, 2.75) is 24.3 Å². The number of hydrogen-bond acceptors (Lipinski definition) is 4. The first kappa shape index (κ1) is 15.1. The van der Waals surface area contributed by atoms with Crippen LogP contribution >= 0.6 is 0 Å². The highest BCUT2D eigenvalue weighted by molar-refractivity contribution is 7.89. The maximum atomic E-state index is 13.3. The molecule has 3 rings (SSSR count). The Morgan fingerprint density at radius 3 is 2.82 bits per heavy atom. The summed E-state index contributed by atoms with van der Waals surface area (Å²) < 4.78 is 41.9. The number of sulfonamides is 1. The third kappa shape index (κ3) is 2.76. The predicted octanol–water partition coefficient (Wildman–Crippen LogP) is 1.69. The zero-order valence-corrected chi connectivity index (χ0v) is 12.9. The van der Waals surface area contributed by atoms with Crippen molar-refractivity contribution < 1.29 is 12.8 Å². The van der Waals surface area contributed by atoms with E-state index in [-0.39, 0.29) is 10.9 Å². The molecule has 1 fully saturated rings. The first-order chi connectivity index (χ1) is 10.5. The molecule has 0 radical (unpaired) electrons. The summed E-state index contributed by atoms with van der Waals surface area (Å²) in [6.45, 7) is 2.86. The Hall–Kier alpha value is -1.80. The molecule has 1 aliphatic rings. The second kappa shape index (κ2) is 5.77. The van der Waals surface area contributed by atoms with E-state index in [1.165, 1.54) is 10.5 Å². The van der Waals surface area contributed by atoms with E-state index in [4.69, 9.17) is 0 Å². The standard InChI is InChI=1S/C14H17FN4O2S/c1-11-2-4-19(9-14(11)18-5-3-16-10-18)22(20,21)13-6-12(15)7-17-8-13/h3,5-8,10-11,14H,2,4,9H2,1H3. The van der Waals surface area contributed by atoms with Gasteiger partial charge in [0.25, 0.3) is 0 Å². The van der Waals surface area contributed by atoms with E-state index in [9.17, 15) is 12.8 Å². The number of nitrogens with zero attached hydrogens (tertiary/aromatic N) is 4. The molecule has 0 amide bonds. The summed E-state index contributed by atoms with van der Waals surface area (Å²) >= 11 is 0. The van der Waals surface area contributed by atoms with Gasteiger partial charge in [-0.25, -0.2) is 17.8 Å². The summed E-state index contributed by atoms with van der Waals surface area (Å²) in [5.41, 5.74) is 0. The molecule has 0 spiro atoms. The summed E-state index contributed by atoms with van der Waals surface area (Å²) in [5.74, 6) is -0.316. The van der Waals surface area contributed by atoms with Gasteiger partial charge < -0.3 is 4.57 Å². The van der Waals surface area contributed by atoms with Crippen molar-refractivity contribution in [2.24, 2.45) is 5.92 Å². The third-order valence-corrected chi connectivity index (χ3v) is 5.94. The highest BCUT2D eigenvalue weighted by Gasteiger charge is 2.34. The van der Waals surface area contributed by atoms with E-state index in [1.54, 1.807) is 12.5 Å². The van der Waals surface area contributed by atoms with E-state index in [2.05, 4.69) is 16.9 Å². The van der Waals surface area contributed by atoms with Crippen molar-refractivity contribution in [2.75, 3.05) is 13.1 Å². The fraction of sp³-hybridized carbons (Fsp3) is 0.429. The minimum Gasteiger partial charge on any atom is -0.333 e. The number of halogens is 1. The molecule has 3 heterocycles. The van der Waals surface area contributed by atoms with Crippen molar-refractivity contribution in [3.63, 3.8) is 0 Å². The molecule has 0 bridgehead atoms. The Bertz CT molecular complexity index is 748. The zero-order chi connectivity index (χ0) is 15.7. The van der Waals surface area contributed by atoms with Crippen LogP contribution < -0.4 is 0 Å². The lowest BCUT2D eigenvalue weighted by Crippen LogP contribution is -2.43. The average molecular weight is 324 g/mol. The van der Waals surface area contributed by atoms with Crippen molar-refractivity contribution in [3.05, 3.63) is 43.0 Å². The summed E-state index contributed by atoms with van der Waals surface area (Å²) in [7, 11) is -3.73. The van der Waals surface area contributed by atoms with Crippen LogP contribution in [0.3, 0.4) is 0 Å². The van der Waals surface area contributed by atoms with Gasteiger partial charge in [0.1, 0.15) is 10.7 Å². The fourth-order valence-electron chi connectivity index (χ4n) is 2.77. The molecule has 2 atom stereocenters. The summed E-state index contributed by atoms with van der Waals surface area (Å²) in [6, 6.07) is 1.03. The molecule has 8 heteroatoms. The highest BCUT2D eigenvalue weighted by Crippen LogP contribution is 2.30. The van der Waals surface area contributed by atoms with Gasteiger partial charge >= 0.3 is 0 Å². The second-order valence-electron chi connectivity index (χ2n) is 5.55. The molecular weight excluding hydrogens is 307 g/mol. The lowest BCUT2D eigenvalue weighted by Gasteiger charge is -2.36. The minimum absolute atomic E-state index is 0.0209. The second-order valence-corrected chi connectivity index (χ2v) is 7.48. The average Bonchev–Trinajstić information content (AvgIpc) is 3.01. The largest absolute Gasteiger partial charge is 0.333 e. The molecule has 118 valence electrons. The SMILES string of the molecule is CC1CCN(S(=O)(=O)c2cncc(F)c2)CC1n1ccnc1. The maximum absolute atomic E-state index is 13.3. The van der Waals surface area contributed by atoms with E-state index in [0.29, 0.717) is 19.0 Å². The van der Waals surface area contributed by atoms with Crippen LogP contribution in [-0.2, 0) is 10.0 Å². The van der Waals surface area contributed by atoms with Gasteiger partial charge in [-0.3, -0.25) is 4.98 Å². The lowest BCUT2D eigenvalue weighted by molar-refractivity contribution is 0.200. The van der Waals surface area contributed by atoms with Gasteiger partial charge in [-0.1, -0.05) is 6.92 Å². The zero-order valence-electron chi connectivity index (χ0n) is 12.1. The Morgan fingerprint density at radius 1 is 1.32 bits per heavy atom. The van der Waals surface area contributed by atoms with Gasteiger partial charge in [0.05, 0.1) is 18.6 Å². The number of aromatic nitrogens is 3. The highest BCUT2D eigenvalue weighted by atomic mass is 32.2. The van der Waals surface area contributed by atoms with Crippen LogP contribution in [0.2, 0.25) is 0 Å². The smallest absolute Gasteiger partial charge is 0.244 e. The molecule has 2 unspecified atom stereocenters. The summed E-state index contributed by atoms with van der Waals surface area (Å²) in [5, 5.41) is 0. The molecule has 22 heavy (non-hydrogen) atoms. The van der Waals surface area contributed by atoms with Gasteiger partial charge in [0, 0.05) is 31.7 Å². The number of piperidine rings is 1. The van der Waals surface area contributed by atoms with Crippen LogP contribution in [0.15, 0.2) is 42.1 Å². The van der Waals surface area contributed by atoms with Gasteiger partial charge in [-0.05, 0) is 18.4 Å². The topological polar surface area (TPSA) is 68.1 Å². The minimum atomic E-state index is -3.73. The van der Waals surface area contributed by atoms with Crippen molar-refractivity contribution in [3.8, 4) is 0 Å². The molecule has 0 N–H and O–H groups in total. The molecule has 0 aromatic carbocycles. The lowest BCUT2D eigenvalue weighted by atomic mass is 9.95. The number of pyridine rings is 1. The number of hydrogen-bond donors (Lipinski definition) is 0. The van der Waals surface area contributed by atoms with E-state index < -0.39 is 15.8 Å². The Morgan fingerprint density at radius 2 is 2.14 bits per heavy atom. The Kier molecular flexibility index (Phi) is 3.96. The van der Waals surface area contributed by atoms with Crippen LogP contribution in [0.5, 0.6) is 0 Å². The van der Waals surface area contributed by atoms with Crippen LogP contribution in [-0.4, -0.2) is 40.3 Å². The molecule has 2 aromatic rings. The molecule has 1 aliphatic heterocycles. The van der Waals surface area contributed by atoms with Gasteiger partial charge in [-0.2, -0.15) is 4.31 Å². The van der Waals surface area contributed by atoms with E-state index >= 15 is 0 Å². The predicted molar refractivity (Wildman–Crippen MR) is 78.0 cm³/mol. The van der Waals surface area contributed by atoms with E-state index in [1.807, 2.05) is 10.8 Å². The summed E-state index contributed by atoms with van der Waals surface area (Å²) in [4.78, 5) is 7.55. The van der Waals surface area contributed by atoms with Crippen molar-refractivity contribution in [1.82, 2.24) is 18.8 Å². The van der Waals surface area contributed by atoms with Crippen LogP contribution in [0.25, 0.3) is 0 Å². The fourth-order valence-corrected chi connectivity index (χ4v) is 4.22. The van der Waals surface area contributed by atoms with Crippen LogP contribution in [0, 0.1) is 11.7 Å². The van der Waals surface area contributed by atoms with Gasteiger partial charge in [0.15, 0.2) is 0 Å². The molecule has 1 saturated heterocycles. The first-order valence-corrected chi connectivity index (χ1v) is 8.50. The quantitative estimate of drug-likeness (QED) is 0.861. The maximum Gasteiger partial charge on any atom is 0.244 e. The number of rotatable bonds is 3. The third-order valence-electron chi connectivity index (χ3n) is 4.11. The molecule has 6 nitrogen and oxygen atoms in total. The van der Waals surface area contributed by atoms with Crippen LogP contribution in [0.4, 0.5) is 4.39 Å².